The Labute approximate surface area is 275 Å². The van der Waals surface area contributed by atoms with Crippen molar-refractivity contribution >= 4 is 33.6 Å². The molecular weight excluding hydrogens is 652 g/mol. The van der Waals surface area contributed by atoms with Crippen molar-refractivity contribution in [1.82, 2.24) is 14.8 Å². The molecule has 6 rings (SSSR count). The van der Waals surface area contributed by atoms with Gasteiger partial charge in [0.25, 0.3) is 11.5 Å². The molecule has 0 bridgehead atoms. The number of nitrogens with one attached hydrogen (secondary N) is 1. The number of alkyl halides is 4. The van der Waals surface area contributed by atoms with Crippen molar-refractivity contribution in [2.75, 3.05) is 19.6 Å². The van der Waals surface area contributed by atoms with Crippen LogP contribution in [0.1, 0.15) is 27.0 Å². The number of amides is 1. The highest BCUT2D eigenvalue weighted by Crippen LogP contribution is 2.42. The zero-order valence-corrected chi connectivity index (χ0v) is 26.0. The molecular formula is C36H29F6N3O4. The minimum atomic E-state index is -4.96. The van der Waals surface area contributed by atoms with E-state index in [2.05, 4.69) is 5.32 Å². The van der Waals surface area contributed by atoms with Crippen LogP contribution in [0.3, 0.4) is 0 Å². The fraction of sp³-hybridized carbons (Fsp3) is 0.250. The van der Waals surface area contributed by atoms with Crippen LogP contribution >= 0.6 is 0 Å². The van der Waals surface area contributed by atoms with Crippen LogP contribution in [0.15, 0.2) is 77.6 Å². The number of carboxylic acid groups (broad SMARTS) is 1. The van der Waals surface area contributed by atoms with Crippen LogP contribution in [0.25, 0.3) is 32.8 Å². The van der Waals surface area contributed by atoms with Crippen LogP contribution in [-0.2, 0) is 30.9 Å². The van der Waals surface area contributed by atoms with Crippen LogP contribution in [0.2, 0.25) is 0 Å². The van der Waals surface area contributed by atoms with E-state index in [1.807, 2.05) is 4.90 Å². The molecule has 1 atom stereocenters. The van der Waals surface area contributed by atoms with E-state index in [1.165, 1.54) is 49.5 Å². The summed E-state index contributed by atoms with van der Waals surface area (Å²) in [5, 5.41) is 12.4. The summed E-state index contributed by atoms with van der Waals surface area (Å²) < 4.78 is 88.0. The minimum absolute atomic E-state index is 0.0431. The van der Waals surface area contributed by atoms with Gasteiger partial charge in [-0.05, 0) is 58.1 Å². The Kier molecular flexibility index (Phi) is 8.97. The molecule has 0 spiro atoms. The predicted octanol–water partition coefficient (Wildman–Crippen LogP) is 6.28. The van der Waals surface area contributed by atoms with E-state index in [0.717, 1.165) is 22.8 Å². The molecule has 2 heterocycles. The normalized spacial score (nSPS) is 14.6. The van der Waals surface area contributed by atoms with Gasteiger partial charge < -0.3 is 15.0 Å². The number of carbonyl (C=O) groups is 2. The number of hydrogen-bond acceptors (Lipinski definition) is 4. The minimum Gasteiger partial charge on any atom is -0.480 e. The van der Waals surface area contributed by atoms with Gasteiger partial charge in [0, 0.05) is 38.5 Å². The number of benzene rings is 4. The first-order chi connectivity index (χ1) is 23.2. The molecule has 254 valence electrons. The van der Waals surface area contributed by atoms with Gasteiger partial charge in [-0.15, -0.1) is 0 Å². The average molecular weight is 682 g/mol. The number of fused-ring (bicyclic) bond motifs is 2. The summed E-state index contributed by atoms with van der Waals surface area (Å²) in [5.41, 5.74) is -2.67. The molecule has 0 radical (unpaired) electrons. The Bertz CT molecular complexity index is 2160. The molecule has 5 aromatic rings. The standard InChI is InChI=1S/C36H29F6N3O4/c1-44-29-12-11-19(13-14-45-17-21(37)18-45)15-25(29)32(36(40,41)42)30(34(44)47)24-8-3-6-22-20(5-2-7-23(22)24)16-28(35(48)49)43-33(46)31-26(38)9-4-10-27(31)39/h2-12,15,21,28H,13-14,16-18H2,1H3,(H,43,46)(H,48,49)/t28-/m0/s1. The fourth-order valence-corrected chi connectivity index (χ4v) is 6.41. The zero-order chi connectivity index (χ0) is 35.2. The third kappa shape index (κ3) is 6.50. The Morgan fingerprint density at radius 3 is 2.24 bits per heavy atom. The third-order valence-corrected chi connectivity index (χ3v) is 8.87. The summed E-state index contributed by atoms with van der Waals surface area (Å²) in [6, 6.07) is 14.4. The molecule has 2 N–H and O–H groups in total. The number of pyridine rings is 1. The number of likely N-dealkylation sites (tertiary alicyclic amines) is 1. The van der Waals surface area contributed by atoms with Gasteiger partial charge in [0.05, 0.1) is 16.6 Å². The van der Waals surface area contributed by atoms with Gasteiger partial charge in [0.1, 0.15) is 29.4 Å². The van der Waals surface area contributed by atoms with E-state index < -0.39 is 70.6 Å². The van der Waals surface area contributed by atoms with Crippen molar-refractivity contribution in [3.63, 3.8) is 0 Å². The van der Waals surface area contributed by atoms with Crippen molar-refractivity contribution in [2.24, 2.45) is 7.05 Å². The van der Waals surface area contributed by atoms with Gasteiger partial charge in [-0.25, -0.2) is 18.0 Å². The fourth-order valence-electron chi connectivity index (χ4n) is 6.41. The molecule has 0 aliphatic carbocycles. The van der Waals surface area contributed by atoms with Crippen LogP contribution in [0.5, 0.6) is 0 Å². The molecule has 1 amide bonds. The Balaban J connectivity index is 1.44. The van der Waals surface area contributed by atoms with Crippen molar-refractivity contribution in [1.29, 1.82) is 0 Å². The summed E-state index contributed by atoms with van der Waals surface area (Å²) in [7, 11) is 1.38. The van der Waals surface area contributed by atoms with Crippen molar-refractivity contribution < 1.29 is 41.0 Å². The summed E-state index contributed by atoms with van der Waals surface area (Å²) in [4.78, 5) is 40.5. The smallest absolute Gasteiger partial charge is 0.417 e. The lowest BCUT2D eigenvalue weighted by atomic mass is 9.90. The maximum absolute atomic E-state index is 15.0. The number of carbonyl (C=O) groups excluding carboxylic acids is 1. The summed E-state index contributed by atoms with van der Waals surface area (Å²) in [6.45, 7) is 1.00. The van der Waals surface area contributed by atoms with E-state index in [4.69, 9.17) is 0 Å². The number of nitrogens with zero attached hydrogens (tertiary/aromatic N) is 2. The zero-order valence-electron chi connectivity index (χ0n) is 26.0. The number of halogens is 6. The maximum Gasteiger partial charge on any atom is 0.417 e. The molecule has 0 saturated carbocycles. The predicted molar refractivity (Wildman–Crippen MR) is 171 cm³/mol. The summed E-state index contributed by atoms with van der Waals surface area (Å²) in [6.07, 6.45) is -5.90. The molecule has 0 unspecified atom stereocenters. The lowest BCUT2D eigenvalue weighted by Crippen LogP contribution is -2.48. The molecule has 1 aliphatic heterocycles. The molecule has 1 saturated heterocycles. The maximum atomic E-state index is 15.0. The van der Waals surface area contributed by atoms with Crippen molar-refractivity contribution in [2.45, 2.75) is 31.2 Å². The molecule has 7 nitrogen and oxygen atoms in total. The number of aromatic nitrogens is 1. The monoisotopic (exact) mass is 681 g/mol. The molecule has 4 aromatic carbocycles. The molecule has 1 aliphatic rings. The average Bonchev–Trinajstić information content (AvgIpc) is 3.03. The van der Waals surface area contributed by atoms with Gasteiger partial charge in [-0.3, -0.25) is 14.5 Å². The molecule has 49 heavy (non-hydrogen) atoms. The highest BCUT2D eigenvalue weighted by atomic mass is 19.4. The highest BCUT2D eigenvalue weighted by molar-refractivity contribution is 6.02. The third-order valence-electron chi connectivity index (χ3n) is 8.87. The van der Waals surface area contributed by atoms with Crippen molar-refractivity contribution in [3.8, 4) is 11.1 Å². The van der Waals surface area contributed by atoms with Gasteiger partial charge >= 0.3 is 12.1 Å². The number of rotatable bonds is 9. The van der Waals surface area contributed by atoms with E-state index >= 15 is 13.2 Å². The lowest BCUT2D eigenvalue weighted by molar-refractivity contribution is -0.139. The number of carboxylic acids is 1. The Hall–Kier alpha value is -5.17. The van der Waals surface area contributed by atoms with E-state index in [0.29, 0.717) is 23.9 Å². The van der Waals surface area contributed by atoms with Gasteiger partial charge in [-0.1, -0.05) is 48.5 Å². The topological polar surface area (TPSA) is 91.6 Å². The highest BCUT2D eigenvalue weighted by Gasteiger charge is 2.39. The van der Waals surface area contributed by atoms with Crippen LogP contribution in [-0.4, -0.2) is 58.3 Å². The molecule has 13 heteroatoms. The Morgan fingerprint density at radius 2 is 1.59 bits per heavy atom. The first-order valence-corrected chi connectivity index (χ1v) is 15.3. The van der Waals surface area contributed by atoms with Crippen molar-refractivity contribution in [3.05, 3.63) is 117 Å². The van der Waals surface area contributed by atoms with E-state index in [1.54, 1.807) is 12.1 Å². The largest absolute Gasteiger partial charge is 0.480 e. The second kappa shape index (κ2) is 13.0. The quantitative estimate of drug-likeness (QED) is 0.179. The lowest BCUT2D eigenvalue weighted by Gasteiger charge is -2.34. The van der Waals surface area contributed by atoms with Gasteiger partial charge in [0.2, 0.25) is 0 Å². The van der Waals surface area contributed by atoms with Crippen LogP contribution in [0.4, 0.5) is 26.3 Å². The number of aliphatic carboxylic acids is 1. The van der Waals surface area contributed by atoms with Gasteiger partial charge in [0.15, 0.2) is 0 Å². The summed E-state index contributed by atoms with van der Waals surface area (Å²) >= 11 is 0. The number of hydrogen-bond donors (Lipinski definition) is 2. The first kappa shape index (κ1) is 33.7. The second-order valence-corrected chi connectivity index (χ2v) is 12.1. The van der Waals surface area contributed by atoms with Crippen LogP contribution < -0.4 is 10.9 Å². The first-order valence-electron chi connectivity index (χ1n) is 15.3. The number of aryl methyl sites for hydroxylation is 1. The van der Waals surface area contributed by atoms with Gasteiger partial charge in [-0.2, -0.15) is 13.2 Å². The molecule has 1 aromatic heterocycles. The second-order valence-electron chi connectivity index (χ2n) is 12.1. The molecule has 1 fully saturated rings. The van der Waals surface area contributed by atoms with Crippen LogP contribution in [0, 0.1) is 11.6 Å². The Morgan fingerprint density at radius 1 is 0.939 bits per heavy atom. The van der Waals surface area contributed by atoms with E-state index in [-0.39, 0.29) is 40.5 Å². The van der Waals surface area contributed by atoms with E-state index in [9.17, 15) is 32.7 Å². The summed E-state index contributed by atoms with van der Waals surface area (Å²) in [5.74, 6) is -5.19. The SMILES string of the molecule is Cn1c(=O)c(-c2cccc3c(C[C@H](NC(=O)c4c(F)cccc4F)C(=O)O)cccc23)c(C(F)(F)F)c2cc(CCN3CC(F)C3)ccc21.